The number of amides is 3. The number of rotatable bonds is 2. The second-order valence-electron chi connectivity index (χ2n) is 5.39. The van der Waals surface area contributed by atoms with E-state index in [-0.39, 0.29) is 17.2 Å². The van der Waals surface area contributed by atoms with Crippen LogP contribution in [-0.2, 0) is 15.8 Å². The van der Waals surface area contributed by atoms with Crippen molar-refractivity contribution in [3.63, 3.8) is 0 Å². The Morgan fingerprint density at radius 2 is 1.86 bits per heavy atom. The molecule has 1 saturated carbocycles. The highest BCUT2D eigenvalue weighted by Crippen LogP contribution is 2.45. The zero-order valence-corrected chi connectivity index (χ0v) is 11.2. The SMILES string of the molecule is NC(=O)N1C(=O)C(C(=O)C2CC2)c2cc(C(F)(F)F)ccc21. The van der Waals surface area contributed by atoms with Crippen molar-refractivity contribution in [3.8, 4) is 0 Å². The molecule has 116 valence electrons. The third-order valence-corrected chi connectivity index (χ3v) is 3.86. The molecule has 3 rings (SSSR count). The average molecular weight is 312 g/mol. The molecule has 1 heterocycles. The molecule has 3 amide bonds. The lowest BCUT2D eigenvalue weighted by Crippen LogP contribution is -2.40. The van der Waals surface area contributed by atoms with Gasteiger partial charge in [-0.05, 0) is 36.6 Å². The number of carbonyl (C=O) groups is 3. The van der Waals surface area contributed by atoms with Gasteiger partial charge in [-0.1, -0.05) is 0 Å². The summed E-state index contributed by atoms with van der Waals surface area (Å²) in [7, 11) is 0. The minimum atomic E-state index is -4.61. The third-order valence-electron chi connectivity index (χ3n) is 3.86. The summed E-state index contributed by atoms with van der Waals surface area (Å²) in [6.45, 7) is 0. The maximum atomic E-state index is 12.8. The van der Waals surface area contributed by atoms with Gasteiger partial charge in [0.25, 0.3) is 0 Å². The van der Waals surface area contributed by atoms with E-state index >= 15 is 0 Å². The molecule has 0 aromatic heterocycles. The maximum Gasteiger partial charge on any atom is 0.416 e. The number of carbonyl (C=O) groups excluding carboxylic acids is 3. The molecule has 0 radical (unpaired) electrons. The molecule has 1 aromatic rings. The number of nitrogens with zero attached hydrogens (tertiary/aromatic N) is 1. The van der Waals surface area contributed by atoms with Crippen LogP contribution in [0.1, 0.15) is 29.9 Å². The van der Waals surface area contributed by atoms with E-state index in [0.29, 0.717) is 17.7 Å². The van der Waals surface area contributed by atoms with Crippen molar-refractivity contribution in [1.82, 2.24) is 0 Å². The Morgan fingerprint density at radius 3 is 2.36 bits per heavy atom. The lowest BCUT2D eigenvalue weighted by Gasteiger charge is -2.13. The van der Waals surface area contributed by atoms with Gasteiger partial charge in [0.15, 0.2) is 5.78 Å². The first kappa shape index (κ1) is 14.6. The van der Waals surface area contributed by atoms with E-state index in [1.165, 1.54) is 0 Å². The van der Waals surface area contributed by atoms with Gasteiger partial charge >= 0.3 is 12.2 Å². The summed E-state index contributed by atoms with van der Waals surface area (Å²) >= 11 is 0. The second kappa shape index (κ2) is 4.56. The minimum Gasteiger partial charge on any atom is -0.351 e. The standard InChI is InChI=1S/C14H11F3N2O3/c15-14(16,17)7-3-4-9-8(5-7)10(11(20)6-1-2-6)12(21)19(9)13(18)22/h3-6,10H,1-2H2,(H2,18,22). The number of hydrogen-bond donors (Lipinski definition) is 1. The first-order valence-corrected chi connectivity index (χ1v) is 6.60. The van der Waals surface area contributed by atoms with Gasteiger partial charge < -0.3 is 5.73 Å². The molecule has 1 unspecified atom stereocenters. The van der Waals surface area contributed by atoms with E-state index in [1.807, 2.05) is 0 Å². The highest BCUT2D eigenvalue weighted by molar-refractivity contribution is 6.27. The molecular formula is C14H11F3N2O3. The first-order chi connectivity index (χ1) is 10.2. The third kappa shape index (κ3) is 2.15. The van der Waals surface area contributed by atoms with Gasteiger partial charge in [0.2, 0.25) is 5.91 Å². The van der Waals surface area contributed by atoms with Gasteiger partial charge in [-0.3, -0.25) is 9.59 Å². The smallest absolute Gasteiger partial charge is 0.351 e. The first-order valence-electron chi connectivity index (χ1n) is 6.60. The Bertz CT molecular complexity index is 695. The topological polar surface area (TPSA) is 80.5 Å². The second-order valence-corrected chi connectivity index (χ2v) is 5.39. The van der Waals surface area contributed by atoms with Gasteiger partial charge in [0.05, 0.1) is 11.3 Å². The van der Waals surface area contributed by atoms with Gasteiger partial charge in [-0.2, -0.15) is 13.2 Å². The molecule has 5 nitrogen and oxygen atoms in total. The van der Waals surface area contributed by atoms with Crippen molar-refractivity contribution in [2.45, 2.75) is 24.9 Å². The quantitative estimate of drug-likeness (QED) is 0.850. The van der Waals surface area contributed by atoms with E-state index in [4.69, 9.17) is 5.73 Å². The summed E-state index contributed by atoms with van der Waals surface area (Å²) in [5.74, 6) is -3.03. The van der Waals surface area contributed by atoms with E-state index in [0.717, 1.165) is 18.2 Å². The van der Waals surface area contributed by atoms with Crippen LogP contribution in [0.4, 0.5) is 23.7 Å². The van der Waals surface area contributed by atoms with Gasteiger partial charge in [-0.25, -0.2) is 9.69 Å². The molecule has 1 aliphatic carbocycles. The number of Topliss-reactive ketones (excluding diaryl/α,β-unsaturated/α-hetero) is 1. The van der Waals surface area contributed by atoms with Gasteiger partial charge in [0.1, 0.15) is 5.92 Å². The summed E-state index contributed by atoms with van der Waals surface area (Å²) in [5.41, 5.74) is 3.99. The van der Waals surface area contributed by atoms with Crippen LogP contribution < -0.4 is 10.6 Å². The predicted octanol–water partition coefficient (Wildman–Crippen LogP) is 2.19. The molecule has 22 heavy (non-hydrogen) atoms. The summed E-state index contributed by atoms with van der Waals surface area (Å²) in [6.07, 6.45) is -3.40. The number of alkyl halides is 3. The van der Waals surface area contributed by atoms with Gasteiger partial charge in [0, 0.05) is 5.92 Å². The normalized spacial score (nSPS) is 21.0. The Kier molecular flexibility index (Phi) is 3.01. The number of primary amides is 1. The van der Waals surface area contributed by atoms with Crippen LogP contribution in [0.2, 0.25) is 0 Å². The number of halogens is 3. The fraction of sp³-hybridized carbons (Fsp3) is 0.357. The van der Waals surface area contributed by atoms with Crippen LogP contribution in [0.3, 0.4) is 0 Å². The van der Waals surface area contributed by atoms with Crippen molar-refractivity contribution in [3.05, 3.63) is 29.3 Å². The van der Waals surface area contributed by atoms with Crippen molar-refractivity contribution < 1.29 is 27.6 Å². The van der Waals surface area contributed by atoms with Crippen LogP contribution in [0.15, 0.2) is 18.2 Å². The van der Waals surface area contributed by atoms with Gasteiger partial charge in [-0.15, -0.1) is 0 Å². The largest absolute Gasteiger partial charge is 0.416 e. The highest BCUT2D eigenvalue weighted by Gasteiger charge is 2.49. The summed E-state index contributed by atoms with van der Waals surface area (Å²) in [4.78, 5) is 36.5. The lowest BCUT2D eigenvalue weighted by molar-refractivity contribution is -0.138. The summed E-state index contributed by atoms with van der Waals surface area (Å²) in [6, 6.07) is 1.39. The van der Waals surface area contributed by atoms with Crippen LogP contribution >= 0.6 is 0 Å². The highest BCUT2D eigenvalue weighted by atomic mass is 19.4. The zero-order valence-electron chi connectivity index (χ0n) is 11.2. The van der Waals surface area contributed by atoms with Crippen LogP contribution in [0.5, 0.6) is 0 Å². The fourth-order valence-corrected chi connectivity index (χ4v) is 2.65. The van der Waals surface area contributed by atoms with E-state index in [9.17, 15) is 27.6 Å². The van der Waals surface area contributed by atoms with Crippen LogP contribution in [0, 0.1) is 5.92 Å². The van der Waals surface area contributed by atoms with Crippen molar-refractivity contribution in [2.75, 3.05) is 4.90 Å². The van der Waals surface area contributed by atoms with Crippen LogP contribution in [0.25, 0.3) is 0 Å². The summed E-state index contributed by atoms with van der Waals surface area (Å²) < 4.78 is 38.5. The minimum absolute atomic E-state index is 0.0514. The molecule has 2 N–H and O–H groups in total. The number of benzene rings is 1. The molecule has 0 bridgehead atoms. The Labute approximate surface area is 122 Å². The predicted molar refractivity (Wildman–Crippen MR) is 69.0 cm³/mol. The zero-order chi connectivity index (χ0) is 16.2. The monoisotopic (exact) mass is 312 g/mol. The number of urea groups is 1. The number of imide groups is 1. The molecule has 2 aliphatic rings. The Hall–Kier alpha value is -2.38. The molecule has 1 fully saturated rings. The van der Waals surface area contributed by atoms with Crippen LogP contribution in [-0.4, -0.2) is 17.7 Å². The molecular weight excluding hydrogens is 301 g/mol. The van der Waals surface area contributed by atoms with E-state index in [2.05, 4.69) is 0 Å². The Morgan fingerprint density at radius 1 is 1.23 bits per heavy atom. The number of fused-ring (bicyclic) bond motifs is 1. The van der Waals surface area contributed by atoms with Crippen molar-refractivity contribution in [1.29, 1.82) is 0 Å². The lowest BCUT2D eigenvalue weighted by atomic mass is 9.92. The maximum absolute atomic E-state index is 12.8. The number of anilines is 1. The Balaban J connectivity index is 2.13. The number of ketones is 1. The molecule has 0 spiro atoms. The van der Waals surface area contributed by atoms with Crippen molar-refractivity contribution in [2.24, 2.45) is 11.7 Å². The number of nitrogens with two attached hydrogens (primary N) is 1. The molecule has 8 heteroatoms. The van der Waals surface area contributed by atoms with E-state index < -0.39 is 35.4 Å². The summed E-state index contributed by atoms with van der Waals surface area (Å²) in [5, 5.41) is 0. The molecule has 0 saturated heterocycles. The average Bonchev–Trinajstić information content (AvgIpc) is 3.19. The fourth-order valence-electron chi connectivity index (χ4n) is 2.65. The van der Waals surface area contributed by atoms with Crippen molar-refractivity contribution >= 4 is 23.4 Å². The van der Waals surface area contributed by atoms with E-state index in [1.54, 1.807) is 0 Å². The molecule has 1 aliphatic heterocycles. The molecule has 1 atom stereocenters. The molecule has 1 aromatic carbocycles. The number of hydrogen-bond acceptors (Lipinski definition) is 3.